The minimum atomic E-state index is -0.301. The fraction of sp³-hybridized carbons (Fsp3) is 0.200. The van der Waals surface area contributed by atoms with Gasteiger partial charge in [-0.25, -0.2) is 4.79 Å². The van der Waals surface area contributed by atoms with Gasteiger partial charge in [-0.3, -0.25) is 4.98 Å². The van der Waals surface area contributed by atoms with E-state index in [4.69, 9.17) is 0 Å². The number of aryl methyl sites for hydroxylation is 1. The van der Waals surface area contributed by atoms with Crippen molar-refractivity contribution in [3.8, 4) is 0 Å². The highest BCUT2D eigenvalue weighted by atomic mass is 32.2. The molecule has 0 spiro atoms. The summed E-state index contributed by atoms with van der Waals surface area (Å²) in [5, 5.41) is 0. The lowest BCUT2D eigenvalue weighted by Gasteiger charge is -2.03. The Balaban J connectivity index is 1.85. The number of aromatic nitrogens is 1. The largest absolute Gasteiger partial charge is 0.465 e. The number of hydrogen-bond acceptors (Lipinski definition) is 4. The van der Waals surface area contributed by atoms with Crippen LogP contribution >= 0.6 is 11.8 Å². The van der Waals surface area contributed by atoms with E-state index in [0.717, 1.165) is 22.8 Å². The van der Waals surface area contributed by atoms with E-state index in [0.29, 0.717) is 5.56 Å². The number of pyridine rings is 1. The lowest BCUT2D eigenvalue weighted by Crippen LogP contribution is -2.00. The molecule has 3 nitrogen and oxygen atoms in total. The van der Waals surface area contributed by atoms with Crippen LogP contribution in [0.2, 0.25) is 0 Å². The third-order valence-electron chi connectivity index (χ3n) is 2.63. The number of nitrogens with zero attached hydrogens (tertiary/aromatic N) is 1. The summed E-state index contributed by atoms with van der Waals surface area (Å²) in [5.74, 6) is 0.666. The molecule has 0 amide bonds. The molecule has 0 aliphatic heterocycles. The van der Waals surface area contributed by atoms with Crippen molar-refractivity contribution in [2.24, 2.45) is 0 Å². The SMILES string of the molecule is COC(=O)c1ccc(SCCc2ccccn2)cc1. The number of rotatable bonds is 5. The summed E-state index contributed by atoms with van der Waals surface area (Å²) in [6.07, 6.45) is 2.75. The van der Waals surface area contributed by atoms with Gasteiger partial charge >= 0.3 is 5.97 Å². The fourth-order valence-corrected chi connectivity index (χ4v) is 2.50. The molecule has 0 fully saturated rings. The van der Waals surface area contributed by atoms with E-state index >= 15 is 0 Å². The molecule has 4 heteroatoms. The lowest BCUT2D eigenvalue weighted by atomic mass is 10.2. The number of thioether (sulfide) groups is 1. The zero-order valence-electron chi connectivity index (χ0n) is 10.7. The number of ether oxygens (including phenoxy) is 1. The highest BCUT2D eigenvalue weighted by molar-refractivity contribution is 7.99. The molecule has 0 atom stereocenters. The van der Waals surface area contributed by atoms with Gasteiger partial charge in [0.2, 0.25) is 0 Å². The van der Waals surface area contributed by atoms with Gasteiger partial charge in [-0.05, 0) is 42.8 Å². The molecule has 0 radical (unpaired) electrons. The number of esters is 1. The van der Waals surface area contributed by atoms with E-state index in [1.165, 1.54) is 7.11 Å². The van der Waals surface area contributed by atoms with Crippen LogP contribution in [0.3, 0.4) is 0 Å². The van der Waals surface area contributed by atoms with Gasteiger partial charge in [-0.2, -0.15) is 0 Å². The third-order valence-corrected chi connectivity index (χ3v) is 3.64. The Morgan fingerprint density at radius 1 is 1.21 bits per heavy atom. The maximum Gasteiger partial charge on any atom is 0.337 e. The maximum atomic E-state index is 11.3. The predicted octanol–water partition coefficient (Wildman–Crippen LogP) is 3.20. The van der Waals surface area contributed by atoms with E-state index in [1.54, 1.807) is 23.9 Å². The van der Waals surface area contributed by atoms with Crippen molar-refractivity contribution < 1.29 is 9.53 Å². The molecule has 98 valence electrons. The van der Waals surface area contributed by atoms with Crippen molar-refractivity contribution in [3.05, 3.63) is 59.9 Å². The van der Waals surface area contributed by atoms with Crippen molar-refractivity contribution in [1.29, 1.82) is 0 Å². The summed E-state index contributed by atoms with van der Waals surface area (Å²) in [5.41, 5.74) is 1.68. The summed E-state index contributed by atoms with van der Waals surface area (Å²) in [7, 11) is 1.39. The minimum Gasteiger partial charge on any atom is -0.465 e. The molecule has 0 N–H and O–H groups in total. The fourth-order valence-electron chi connectivity index (χ4n) is 1.62. The summed E-state index contributed by atoms with van der Waals surface area (Å²) in [6, 6.07) is 13.4. The molecule has 1 aromatic carbocycles. The number of carbonyl (C=O) groups excluding carboxylic acids is 1. The second-order valence-electron chi connectivity index (χ2n) is 3.94. The quantitative estimate of drug-likeness (QED) is 0.619. The number of hydrogen-bond donors (Lipinski definition) is 0. The van der Waals surface area contributed by atoms with Crippen LogP contribution in [-0.2, 0) is 11.2 Å². The van der Waals surface area contributed by atoms with Crippen molar-refractivity contribution >= 4 is 17.7 Å². The molecule has 0 aliphatic rings. The number of carbonyl (C=O) groups is 1. The zero-order chi connectivity index (χ0) is 13.5. The molecule has 0 saturated heterocycles. The average molecular weight is 273 g/mol. The Morgan fingerprint density at radius 2 is 2.00 bits per heavy atom. The standard InChI is InChI=1S/C15H15NO2S/c1-18-15(17)12-5-7-14(8-6-12)19-11-9-13-4-2-3-10-16-13/h2-8,10H,9,11H2,1H3. The van der Waals surface area contributed by atoms with Crippen LogP contribution in [0, 0.1) is 0 Å². The van der Waals surface area contributed by atoms with Gasteiger partial charge in [-0.15, -0.1) is 11.8 Å². The molecular weight excluding hydrogens is 258 g/mol. The first-order valence-corrected chi connectivity index (χ1v) is 6.99. The average Bonchev–Trinajstić information content (AvgIpc) is 2.48. The molecular formula is C15H15NO2S. The van der Waals surface area contributed by atoms with Crippen LogP contribution < -0.4 is 0 Å². The molecule has 2 rings (SSSR count). The van der Waals surface area contributed by atoms with Gasteiger partial charge in [0, 0.05) is 22.5 Å². The monoisotopic (exact) mass is 273 g/mol. The minimum absolute atomic E-state index is 0.301. The third kappa shape index (κ3) is 4.10. The smallest absolute Gasteiger partial charge is 0.337 e. The van der Waals surface area contributed by atoms with Gasteiger partial charge in [0.15, 0.2) is 0 Å². The van der Waals surface area contributed by atoms with E-state index < -0.39 is 0 Å². The second-order valence-corrected chi connectivity index (χ2v) is 5.10. The highest BCUT2D eigenvalue weighted by Gasteiger charge is 2.04. The van der Waals surface area contributed by atoms with Crippen LogP contribution in [0.5, 0.6) is 0 Å². The molecule has 0 saturated carbocycles. The molecule has 2 aromatic rings. The van der Waals surface area contributed by atoms with E-state index in [2.05, 4.69) is 9.72 Å². The van der Waals surface area contributed by atoms with Crippen LogP contribution in [-0.4, -0.2) is 23.8 Å². The van der Waals surface area contributed by atoms with Crippen molar-refractivity contribution in [2.75, 3.05) is 12.9 Å². The van der Waals surface area contributed by atoms with Gasteiger partial charge in [0.25, 0.3) is 0 Å². The lowest BCUT2D eigenvalue weighted by molar-refractivity contribution is 0.0600. The Morgan fingerprint density at radius 3 is 2.63 bits per heavy atom. The van der Waals surface area contributed by atoms with E-state index in [-0.39, 0.29) is 5.97 Å². The summed E-state index contributed by atoms with van der Waals surface area (Å²) in [4.78, 5) is 16.7. The van der Waals surface area contributed by atoms with E-state index in [1.807, 2.05) is 36.5 Å². The first-order valence-electron chi connectivity index (χ1n) is 6.00. The van der Waals surface area contributed by atoms with Gasteiger partial charge in [0.05, 0.1) is 12.7 Å². The van der Waals surface area contributed by atoms with Crippen LogP contribution in [0.1, 0.15) is 16.1 Å². The molecule has 1 heterocycles. The Hall–Kier alpha value is -1.81. The Labute approximate surface area is 117 Å². The first kappa shape index (κ1) is 13.6. The molecule has 19 heavy (non-hydrogen) atoms. The summed E-state index contributed by atoms with van der Waals surface area (Å²) in [6.45, 7) is 0. The predicted molar refractivity (Wildman–Crippen MR) is 76.4 cm³/mol. The summed E-state index contributed by atoms with van der Waals surface area (Å²) < 4.78 is 4.66. The number of methoxy groups -OCH3 is 1. The first-order chi connectivity index (χ1) is 9.29. The molecule has 1 aromatic heterocycles. The maximum absolute atomic E-state index is 11.3. The van der Waals surface area contributed by atoms with Crippen LogP contribution in [0.15, 0.2) is 53.6 Å². The van der Waals surface area contributed by atoms with Gasteiger partial charge < -0.3 is 4.74 Å². The second kappa shape index (κ2) is 6.95. The van der Waals surface area contributed by atoms with Crippen LogP contribution in [0.4, 0.5) is 0 Å². The molecule has 0 unspecified atom stereocenters. The van der Waals surface area contributed by atoms with Crippen LogP contribution in [0.25, 0.3) is 0 Å². The normalized spacial score (nSPS) is 10.2. The van der Waals surface area contributed by atoms with Crippen molar-refractivity contribution in [1.82, 2.24) is 4.98 Å². The summed E-state index contributed by atoms with van der Waals surface area (Å²) >= 11 is 1.75. The Kier molecular flexibility index (Phi) is 4.98. The topological polar surface area (TPSA) is 39.2 Å². The van der Waals surface area contributed by atoms with Crippen molar-refractivity contribution in [3.63, 3.8) is 0 Å². The van der Waals surface area contributed by atoms with E-state index in [9.17, 15) is 4.79 Å². The highest BCUT2D eigenvalue weighted by Crippen LogP contribution is 2.19. The van der Waals surface area contributed by atoms with Crippen molar-refractivity contribution in [2.45, 2.75) is 11.3 Å². The molecule has 0 bridgehead atoms. The Bertz CT molecular complexity index is 526. The van der Waals surface area contributed by atoms with Gasteiger partial charge in [0.1, 0.15) is 0 Å². The zero-order valence-corrected chi connectivity index (χ0v) is 11.5. The number of benzene rings is 1. The molecule has 0 aliphatic carbocycles. The van der Waals surface area contributed by atoms with Gasteiger partial charge in [-0.1, -0.05) is 6.07 Å².